The van der Waals surface area contributed by atoms with Crippen LogP contribution >= 0.6 is 15.9 Å². The maximum Gasteiger partial charge on any atom is 0.241 e. The van der Waals surface area contributed by atoms with Crippen molar-refractivity contribution < 1.29 is 4.79 Å². The number of carbonyl (C=O) groups is 1. The zero-order valence-corrected chi connectivity index (χ0v) is 15.3. The summed E-state index contributed by atoms with van der Waals surface area (Å²) in [5, 5.41) is 3.24. The highest BCUT2D eigenvalue weighted by Gasteiger charge is 2.59. The Morgan fingerprint density at radius 1 is 1.17 bits per heavy atom. The molecule has 1 fully saturated rings. The molecule has 0 saturated carbocycles. The Bertz CT molecular complexity index is 858. The Hall–Kier alpha value is -2.07. The van der Waals surface area contributed by atoms with Gasteiger partial charge in [0.25, 0.3) is 0 Å². The second-order valence-corrected chi connectivity index (χ2v) is 7.85. The van der Waals surface area contributed by atoms with E-state index in [1.807, 2.05) is 18.2 Å². The number of amides is 1. The van der Waals surface area contributed by atoms with Crippen molar-refractivity contribution in [2.75, 3.05) is 11.4 Å². The standard InChI is InChI=1S/C20H19BrN2O/c1-19(2)16-8-3-4-9-17(16)23-13-18(24)22-20(19,23)11-10-14-6-5-7-15(21)12-14/h3-12H,13H2,1-2H3,(H,22,24)/b11-10+/t20-/m1/s1. The van der Waals surface area contributed by atoms with E-state index in [0.29, 0.717) is 6.54 Å². The smallest absolute Gasteiger partial charge is 0.241 e. The number of para-hydroxylation sites is 1. The molecule has 0 unspecified atom stereocenters. The lowest BCUT2D eigenvalue weighted by Crippen LogP contribution is -2.58. The van der Waals surface area contributed by atoms with E-state index in [9.17, 15) is 4.79 Å². The average molecular weight is 383 g/mol. The van der Waals surface area contributed by atoms with Gasteiger partial charge in [-0.05, 0) is 35.4 Å². The molecule has 2 aromatic carbocycles. The normalized spacial score (nSPS) is 24.1. The SMILES string of the molecule is CC1(C)c2ccccc2N2CC(=O)N[C@]21/C=C/c1cccc(Br)c1. The molecule has 1 atom stereocenters. The van der Waals surface area contributed by atoms with Crippen molar-refractivity contribution in [3.05, 3.63) is 70.2 Å². The summed E-state index contributed by atoms with van der Waals surface area (Å²) >= 11 is 3.51. The largest absolute Gasteiger partial charge is 0.335 e. The Balaban J connectivity index is 1.84. The van der Waals surface area contributed by atoms with Crippen LogP contribution in [-0.4, -0.2) is 18.1 Å². The lowest BCUT2D eigenvalue weighted by Gasteiger charge is -2.40. The molecule has 2 heterocycles. The third kappa shape index (κ3) is 2.06. The van der Waals surface area contributed by atoms with Gasteiger partial charge in [-0.25, -0.2) is 0 Å². The number of rotatable bonds is 2. The van der Waals surface area contributed by atoms with Crippen molar-refractivity contribution in [1.29, 1.82) is 0 Å². The van der Waals surface area contributed by atoms with Gasteiger partial charge in [0.05, 0.1) is 6.54 Å². The van der Waals surface area contributed by atoms with E-state index in [4.69, 9.17) is 0 Å². The maximum atomic E-state index is 12.2. The summed E-state index contributed by atoms with van der Waals surface area (Å²) in [6.07, 6.45) is 4.23. The lowest BCUT2D eigenvalue weighted by molar-refractivity contribution is -0.118. The minimum absolute atomic E-state index is 0.0662. The third-order valence-corrected chi connectivity index (χ3v) is 5.74. The molecule has 1 amide bonds. The van der Waals surface area contributed by atoms with Crippen LogP contribution in [0.5, 0.6) is 0 Å². The molecule has 0 bridgehead atoms. The van der Waals surface area contributed by atoms with Gasteiger partial charge in [0.15, 0.2) is 0 Å². The van der Waals surface area contributed by atoms with Gasteiger partial charge in [0.1, 0.15) is 5.66 Å². The van der Waals surface area contributed by atoms with Crippen LogP contribution in [-0.2, 0) is 10.2 Å². The molecule has 1 N–H and O–H groups in total. The van der Waals surface area contributed by atoms with Crippen LogP contribution in [0.3, 0.4) is 0 Å². The first-order valence-corrected chi connectivity index (χ1v) is 8.86. The van der Waals surface area contributed by atoms with E-state index >= 15 is 0 Å². The molecule has 0 aliphatic carbocycles. The van der Waals surface area contributed by atoms with Crippen molar-refractivity contribution in [2.45, 2.75) is 24.9 Å². The summed E-state index contributed by atoms with van der Waals surface area (Å²) in [6, 6.07) is 16.5. The van der Waals surface area contributed by atoms with Gasteiger partial charge >= 0.3 is 0 Å². The molecule has 1 saturated heterocycles. The van der Waals surface area contributed by atoms with Gasteiger partial charge in [-0.1, -0.05) is 66.2 Å². The number of anilines is 1. The van der Waals surface area contributed by atoms with Crippen molar-refractivity contribution in [3.63, 3.8) is 0 Å². The van der Waals surface area contributed by atoms with Crippen LogP contribution in [0.4, 0.5) is 5.69 Å². The molecule has 0 spiro atoms. The fraction of sp³-hybridized carbons (Fsp3) is 0.250. The van der Waals surface area contributed by atoms with Crippen LogP contribution in [0.15, 0.2) is 59.1 Å². The summed E-state index contributed by atoms with van der Waals surface area (Å²) in [5.74, 6) is 0.0662. The molecule has 0 aromatic heterocycles. The third-order valence-electron chi connectivity index (χ3n) is 5.24. The molecular formula is C20H19BrN2O. The highest BCUT2D eigenvalue weighted by Crippen LogP contribution is 2.52. The second-order valence-electron chi connectivity index (χ2n) is 6.93. The first kappa shape index (κ1) is 15.5. The van der Waals surface area contributed by atoms with Crippen molar-refractivity contribution >= 4 is 33.6 Å². The molecule has 3 nitrogen and oxygen atoms in total. The number of halogens is 1. The van der Waals surface area contributed by atoms with Crippen LogP contribution < -0.4 is 10.2 Å². The summed E-state index contributed by atoms with van der Waals surface area (Å²) in [6.45, 7) is 4.79. The fourth-order valence-electron chi connectivity index (χ4n) is 3.97. The van der Waals surface area contributed by atoms with E-state index in [1.165, 1.54) is 5.56 Å². The Morgan fingerprint density at radius 3 is 2.75 bits per heavy atom. The zero-order chi connectivity index (χ0) is 16.9. The predicted octanol–water partition coefficient (Wildman–Crippen LogP) is 4.09. The maximum absolute atomic E-state index is 12.2. The monoisotopic (exact) mass is 382 g/mol. The van der Waals surface area contributed by atoms with Crippen molar-refractivity contribution in [1.82, 2.24) is 5.32 Å². The average Bonchev–Trinajstić information content (AvgIpc) is 2.98. The highest BCUT2D eigenvalue weighted by molar-refractivity contribution is 9.10. The second kappa shape index (κ2) is 5.21. The summed E-state index contributed by atoms with van der Waals surface area (Å²) in [7, 11) is 0. The fourth-order valence-corrected chi connectivity index (χ4v) is 4.38. The van der Waals surface area contributed by atoms with Gasteiger partial charge in [-0.3, -0.25) is 4.79 Å². The number of hydrogen-bond acceptors (Lipinski definition) is 2. The van der Waals surface area contributed by atoms with E-state index in [0.717, 1.165) is 15.7 Å². The molecule has 24 heavy (non-hydrogen) atoms. The molecular weight excluding hydrogens is 364 g/mol. The predicted molar refractivity (Wildman–Crippen MR) is 101 cm³/mol. The molecule has 2 aliphatic heterocycles. The van der Waals surface area contributed by atoms with Gasteiger partial charge in [0.2, 0.25) is 5.91 Å². The van der Waals surface area contributed by atoms with Gasteiger partial charge in [0, 0.05) is 15.6 Å². The Morgan fingerprint density at radius 2 is 1.96 bits per heavy atom. The Kier molecular flexibility index (Phi) is 3.36. The summed E-state index contributed by atoms with van der Waals surface area (Å²) in [5.41, 5.74) is 2.75. The van der Waals surface area contributed by atoms with E-state index in [2.05, 4.69) is 82.5 Å². The van der Waals surface area contributed by atoms with Crippen LogP contribution in [0.25, 0.3) is 6.08 Å². The number of nitrogens with zero attached hydrogens (tertiary/aromatic N) is 1. The van der Waals surface area contributed by atoms with Gasteiger partial charge in [-0.15, -0.1) is 0 Å². The van der Waals surface area contributed by atoms with Crippen molar-refractivity contribution in [2.24, 2.45) is 0 Å². The first-order valence-electron chi connectivity index (χ1n) is 8.07. The van der Waals surface area contributed by atoms with E-state index < -0.39 is 5.66 Å². The van der Waals surface area contributed by atoms with Crippen LogP contribution in [0.2, 0.25) is 0 Å². The minimum Gasteiger partial charge on any atom is -0.335 e. The van der Waals surface area contributed by atoms with E-state index in [-0.39, 0.29) is 11.3 Å². The van der Waals surface area contributed by atoms with Crippen LogP contribution in [0, 0.1) is 0 Å². The number of benzene rings is 2. The van der Waals surface area contributed by atoms with Crippen LogP contribution in [0.1, 0.15) is 25.0 Å². The number of hydrogen-bond donors (Lipinski definition) is 1. The number of carbonyl (C=O) groups excluding carboxylic acids is 1. The zero-order valence-electron chi connectivity index (χ0n) is 13.7. The first-order chi connectivity index (χ1) is 11.4. The molecule has 122 valence electrons. The van der Waals surface area contributed by atoms with Gasteiger partial charge < -0.3 is 10.2 Å². The van der Waals surface area contributed by atoms with Crippen molar-refractivity contribution in [3.8, 4) is 0 Å². The molecule has 2 aliphatic rings. The molecule has 0 radical (unpaired) electrons. The molecule has 4 heteroatoms. The topological polar surface area (TPSA) is 32.3 Å². The number of fused-ring (bicyclic) bond motifs is 3. The lowest BCUT2D eigenvalue weighted by atomic mass is 9.75. The molecule has 2 aromatic rings. The summed E-state index contributed by atoms with van der Waals surface area (Å²) < 4.78 is 1.04. The van der Waals surface area contributed by atoms with Gasteiger partial charge in [-0.2, -0.15) is 0 Å². The highest BCUT2D eigenvalue weighted by atomic mass is 79.9. The quantitative estimate of drug-likeness (QED) is 0.848. The number of nitrogens with one attached hydrogen (secondary N) is 1. The van der Waals surface area contributed by atoms with E-state index in [1.54, 1.807) is 0 Å². The minimum atomic E-state index is -0.532. The summed E-state index contributed by atoms with van der Waals surface area (Å²) in [4.78, 5) is 14.4. The molecule has 4 rings (SSSR count). The Labute approximate surface area is 150 Å².